The van der Waals surface area contributed by atoms with E-state index in [1.807, 2.05) is 0 Å². The highest BCUT2D eigenvalue weighted by molar-refractivity contribution is 5.32. The fourth-order valence-corrected chi connectivity index (χ4v) is 4.96. The topological polar surface area (TPSA) is 20.2 Å². The van der Waals surface area contributed by atoms with Gasteiger partial charge in [-0.3, -0.25) is 0 Å². The first-order valence-electron chi connectivity index (χ1n) is 6.77. The summed E-state index contributed by atoms with van der Waals surface area (Å²) in [5.74, 6) is 2.11. The molecule has 16 heavy (non-hydrogen) atoms. The molecule has 1 nitrogen and oxygen atoms in total. The third kappa shape index (κ3) is 1.06. The Morgan fingerprint density at radius 2 is 2.00 bits per heavy atom. The van der Waals surface area contributed by atoms with Crippen molar-refractivity contribution < 1.29 is 5.11 Å². The van der Waals surface area contributed by atoms with E-state index in [9.17, 15) is 5.11 Å². The van der Waals surface area contributed by atoms with Gasteiger partial charge in [0.05, 0.1) is 6.10 Å². The van der Waals surface area contributed by atoms with E-state index in [4.69, 9.17) is 0 Å². The van der Waals surface area contributed by atoms with Gasteiger partial charge in [-0.05, 0) is 47.8 Å². The molecule has 5 atom stereocenters. The monoisotopic (exact) mass is 220 g/mol. The number of aliphatic hydroxyl groups is 1. The van der Waals surface area contributed by atoms with Crippen LogP contribution in [0.4, 0.5) is 0 Å². The minimum atomic E-state index is -0.0858. The largest absolute Gasteiger partial charge is 0.393 e. The number of fused-ring (bicyclic) bond motifs is 3. The van der Waals surface area contributed by atoms with E-state index < -0.39 is 0 Å². The first-order valence-corrected chi connectivity index (χ1v) is 6.77. The lowest BCUT2D eigenvalue weighted by molar-refractivity contribution is 0.00407. The van der Waals surface area contributed by atoms with Gasteiger partial charge < -0.3 is 5.11 Å². The van der Waals surface area contributed by atoms with Gasteiger partial charge in [0.15, 0.2) is 0 Å². The summed E-state index contributed by atoms with van der Waals surface area (Å²) in [5.41, 5.74) is 2.43. The average Bonchev–Trinajstić information content (AvgIpc) is 2.78. The SMILES string of the molecule is C[C@H]1[C@@H](O)CCC2=CC[C@H]3[C@H](C3(C)C)[C@]21C. The minimum Gasteiger partial charge on any atom is -0.393 e. The molecular formula is C15H24O. The summed E-state index contributed by atoms with van der Waals surface area (Å²) in [6, 6.07) is 0. The summed E-state index contributed by atoms with van der Waals surface area (Å²) in [6.07, 6.45) is 5.79. The maximum Gasteiger partial charge on any atom is 0.0577 e. The molecule has 0 heterocycles. The second kappa shape index (κ2) is 2.93. The first-order chi connectivity index (χ1) is 7.40. The molecule has 1 heteroatoms. The molecule has 3 aliphatic carbocycles. The van der Waals surface area contributed by atoms with Crippen molar-refractivity contribution in [3.63, 3.8) is 0 Å². The molecule has 3 aliphatic rings. The molecule has 0 aromatic rings. The van der Waals surface area contributed by atoms with Crippen LogP contribution < -0.4 is 0 Å². The number of aliphatic hydroxyl groups excluding tert-OH is 1. The molecule has 0 saturated heterocycles. The molecule has 2 saturated carbocycles. The Balaban J connectivity index is 2.03. The third-order valence-corrected chi connectivity index (χ3v) is 6.24. The maximum atomic E-state index is 10.2. The smallest absolute Gasteiger partial charge is 0.0577 e. The van der Waals surface area contributed by atoms with Gasteiger partial charge >= 0.3 is 0 Å². The molecule has 0 bridgehead atoms. The van der Waals surface area contributed by atoms with E-state index in [1.165, 1.54) is 6.42 Å². The molecule has 0 unspecified atom stereocenters. The van der Waals surface area contributed by atoms with Gasteiger partial charge in [0.25, 0.3) is 0 Å². The highest BCUT2D eigenvalue weighted by Gasteiger charge is 2.68. The van der Waals surface area contributed by atoms with Crippen LogP contribution in [0.5, 0.6) is 0 Å². The van der Waals surface area contributed by atoms with Crippen LogP contribution in [0.2, 0.25) is 0 Å². The summed E-state index contributed by atoms with van der Waals surface area (Å²) in [7, 11) is 0. The van der Waals surface area contributed by atoms with Crippen molar-refractivity contribution >= 4 is 0 Å². The lowest BCUT2D eigenvalue weighted by Gasteiger charge is -2.47. The predicted molar refractivity (Wildman–Crippen MR) is 66.0 cm³/mol. The van der Waals surface area contributed by atoms with Gasteiger partial charge in [-0.2, -0.15) is 0 Å². The Morgan fingerprint density at radius 1 is 1.31 bits per heavy atom. The zero-order valence-corrected chi connectivity index (χ0v) is 11.0. The van der Waals surface area contributed by atoms with E-state index in [1.54, 1.807) is 5.57 Å². The minimum absolute atomic E-state index is 0.0858. The number of hydrogen-bond acceptors (Lipinski definition) is 1. The normalized spacial score (nSPS) is 53.7. The molecule has 0 aliphatic heterocycles. The zero-order valence-electron chi connectivity index (χ0n) is 11.0. The summed E-state index contributed by atoms with van der Waals surface area (Å²) < 4.78 is 0. The summed E-state index contributed by atoms with van der Waals surface area (Å²) >= 11 is 0. The quantitative estimate of drug-likeness (QED) is 0.620. The molecule has 3 rings (SSSR count). The first kappa shape index (κ1) is 10.8. The molecule has 1 N–H and O–H groups in total. The van der Waals surface area contributed by atoms with Crippen molar-refractivity contribution in [1.82, 2.24) is 0 Å². The lowest BCUT2D eigenvalue weighted by Crippen LogP contribution is -2.43. The summed E-state index contributed by atoms with van der Waals surface area (Å²) in [4.78, 5) is 0. The van der Waals surface area contributed by atoms with Crippen LogP contribution in [0.1, 0.15) is 47.0 Å². The van der Waals surface area contributed by atoms with Gasteiger partial charge in [-0.25, -0.2) is 0 Å². The van der Waals surface area contributed by atoms with Crippen molar-refractivity contribution in [2.75, 3.05) is 0 Å². The van der Waals surface area contributed by atoms with E-state index in [0.29, 0.717) is 11.3 Å². The fraction of sp³-hybridized carbons (Fsp3) is 0.867. The van der Waals surface area contributed by atoms with Crippen LogP contribution in [0.3, 0.4) is 0 Å². The Labute approximate surface area is 98.9 Å². The van der Waals surface area contributed by atoms with Gasteiger partial charge in [0.2, 0.25) is 0 Å². The Kier molecular flexibility index (Phi) is 1.98. The highest BCUT2D eigenvalue weighted by atomic mass is 16.3. The van der Waals surface area contributed by atoms with E-state index in [-0.39, 0.29) is 11.5 Å². The van der Waals surface area contributed by atoms with Crippen LogP contribution >= 0.6 is 0 Å². The molecule has 0 aromatic heterocycles. The second-order valence-electron chi connectivity index (χ2n) is 7.05. The van der Waals surface area contributed by atoms with Crippen molar-refractivity contribution in [1.29, 1.82) is 0 Å². The maximum absolute atomic E-state index is 10.2. The van der Waals surface area contributed by atoms with Crippen LogP contribution in [0.15, 0.2) is 11.6 Å². The van der Waals surface area contributed by atoms with Gasteiger partial charge in [0, 0.05) is 0 Å². The zero-order chi connectivity index (χ0) is 11.7. The van der Waals surface area contributed by atoms with E-state index >= 15 is 0 Å². The Morgan fingerprint density at radius 3 is 2.69 bits per heavy atom. The summed E-state index contributed by atoms with van der Waals surface area (Å²) in [6.45, 7) is 9.50. The third-order valence-electron chi connectivity index (χ3n) is 6.24. The van der Waals surface area contributed by atoms with Crippen LogP contribution in [-0.4, -0.2) is 11.2 Å². The molecular weight excluding hydrogens is 196 g/mol. The van der Waals surface area contributed by atoms with Crippen LogP contribution in [0.25, 0.3) is 0 Å². The van der Waals surface area contributed by atoms with Crippen molar-refractivity contribution in [2.45, 2.75) is 53.1 Å². The standard InChI is InChI=1S/C15H24O/c1-9-12(16)8-6-10-5-7-11-13(14(11,2)3)15(9,10)4/h5,9,11-13,16H,6-8H2,1-4H3/t9-,11-,12-,13+,15-/m0/s1. The lowest BCUT2D eigenvalue weighted by atomic mass is 9.58. The Hall–Kier alpha value is -0.300. The molecule has 0 amide bonds. The van der Waals surface area contributed by atoms with Crippen molar-refractivity contribution in [3.05, 3.63) is 11.6 Å². The average molecular weight is 220 g/mol. The van der Waals surface area contributed by atoms with E-state index in [0.717, 1.165) is 24.7 Å². The Bertz CT molecular complexity index is 354. The van der Waals surface area contributed by atoms with Gasteiger partial charge in [-0.15, -0.1) is 0 Å². The van der Waals surface area contributed by atoms with Crippen LogP contribution in [0, 0.1) is 28.6 Å². The predicted octanol–water partition coefficient (Wildman–Crippen LogP) is 3.39. The molecule has 0 aromatic carbocycles. The number of hydrogen-bond donors (Lipinski definition) is 1. The highest BCUT2D eigenvalue weighted by Crippen LogP contribution is 2.74. The second-order valence-corrected chi connectivity index (χ2v) is 7.05. The van der Waals surface area contributed by atoms with Gasteiger partial charge in [-0.1, -0.05) is 39.3 Å². The summed E-state index contributed by atoms with van der Waals surface area (Å²) in [5, 5.41) is 10.2. The van der Waals surface area contributed by atoms with Crippen LogP contribution in [-0.2, 0) is 0 Å². The molecule has 2 fully saturated rings. The fourth-order valence-electron chi connectivity index (χ4n) is 4.96. The number of rotatable bonds is 0. The van der Waals surface area contributed by atoms with Crippen molar-refractivity contribution in [3.8, 4) is 0 Å². The van der Waals surface area contributed by atoms with Crippen molar-refractivity contribution in [2.24, 2.45) is 28.6 Å². The molecule has 90 valence electrons. The number of allylic oxidation sites excluding steroid dienone is 2. The van der Waals surface area contributed by atoms with Gasteiger partial charge in [0.1, 0.15) is 0 Å². The van der Waals surface area contributed by atoms with E-state index in [2.05, 4.69) is 33.8 Å². The molecule has 0 radical (unpaired) electrons. The molecule has 0 spiro atoms.